The van der Waals surface area contributed by atoms with Gasteiger partial charge in [-0.05, 0) is 155 Å². The molecule has 12 aromatic carbocycles. The molecule has 0 saturated heterocycles. The van der Waals surface area contributed by atoms with Gasteiger partial charge in [0.1, 0.15) is 0 Å². The minimum absolute atomic E-state index is 0. The first-order valence-electron chi connectivity index (χ1n) is 29.2. The minimum Gasteiger partial charge on any atom is -0.351 e. The quantitative estimate of drug-likeness (QED) is 0.156. The number of hydrogen-bond acceptors (Lipinski definition) is 3. The first-order chi connectivity index (χ1) is 43.2. The van der Waals surface area contributed by atoms with Crippen LogP contribution in [0.1, 0.15) is 0 Å². The number of nitrogens with zero attached hydrogens (tertiary/aromatic N) is 6. The van der Waals surface area contributed by atoms with Gasteiger partial charge in [0.15, 0.2) is 0 Å². The summed E-state index contributed by atoms with van der Waals surface area (Å²) in [7, 11) is 0. The molecule has 0 saturated carbocycles. The second-order valence-electron chi connectivity index (χ2n) is 21.6. The summed E-state index contributed by atoms with van der Waals surface area (Å²) >= 11 is 0. The van der Waals surface area contributed by atoms with E-state index in [4.69, 9.17) is 15.0 Å². The molecule has 6 heterocycles. The molecule has 0 atom stereocenters. The van der Waals surface area contributed by atoms with E-state index in [0.29, 0.717) is 0 Å². The van der Waals surface area contributed by atoms with E-state index in [1.54, 1.807) is 0 Å². The normalized spacial score (nSPS) is 11.3. The Labute approximate surface area is 521 Å². The van der Waals surface area contributed by atoms with Crippen molar-refractivity contribution in [2.24, 2.45) is 0 Å². The number of para-hydroxylation sites is 6. The van der Waals surface area contributed by atoms with Gasteiger partial charge in [-0.1, -0.05) is 198 Å². The zero-order valence-corrected chi connectivity index (χ0v) is 49.9. The van der Waals surface area contributed by atoms with Crippen LogP contribution in [0, 0.1) is 18.2 Å². The van der Waals surface area contributed by atoms with Crippen LogP contribution in [0.4, 0.5) is 0 Å². The molecule has 0 bridgehead atoms. The van der Waals surface area contributed by atoms with Crippen LogP contribution in [0.15, 0.2) is 310 Å². The van der Waals surface area contributed by atoms with Gasteiger partial charge in [-0.15, -0.1) is 71.3 Å². The molecule has 0 aliphatic rings. The van der Waals surface area contributed by atoms with E-state index >= 15 is 0 Å². The van der Waals surface area contributed by atoms with Gasteiger partial charge >= 0.3 is 20.1 Å². The van der Waals surface area contributed by atoms with E-state index in [9.17, 15) is 0 Å². The number of pyridine rings is 3. The monoisotopic (exact) mass is 1300 g/mol. The predicted octanol–water partition coefficient (Wildman–Crippen LogP) is 20.4. The van der Waals surface area contributed by atoms with Gasteiger partial charge in [0.2, 0.25) is 0 Å². The number of hydrogen-bond donors (Lipinski definition) is 0. The maximum atomic E-state index is 4.69. The summed E-state index contributed by atoms with van der Waals surface area (Å²) in [5.74, 6) is 0. The average molecular weight is 1300 g/mol. The van der Waals surface area contributed by atoms with Crippen LogP contribution in [0.25, 0.3) is 149 Å². The Bertz CT molecular complexity index is 5030. The van der Waals surface area contributed by atoms with Crippen LogP contribution in [-0.4, -0.2) is 28.7 Å². The van der Waals surface area contributed by atoms with Crippen LogP contribution in [0.5, 0.6) is 0 Å². The molecule has 0 spiro atoms. The maximum absolute atomic E-state index is 4.69. The molecule has 0 unspecified atom stereocenters. The number of rotatable bonds is 6. The SMILES string of the molecule is [Ir+3].[c-]1cc2c(cc1-c1nccc3ccccc13)c1ccccc1n2-c1ccccc1.[c-]1cc2c(cc1-c1nccc3ccccc13)c1ccccc1n2-c1ccccc1.[c-]1cc2c(cc1-c1nccc3ccccc13)c1ccccc1n2-c1ccccc1. The molecule has 0 radical (unpaired) electrons. The van der Waals surface area contributed by atoms with Crippen molar-refractivity contribution in [3.8, 4) is 50.8 Å². The van der Waals surface area contributed by atoms with Crippen LogP contribution in [0.2, 0.25) is 0 Å². The van der Waals surface area contributed by atoms with E-state index in [-0.39, 0.29) is 20.1 Å². The number of fused-ring (bicyclic) bond motifs is 12. The Hall–Kier alpha value is -11.1. The standard InChI is InChI=1S/3C27H17N2.Ir/c3*1-2-9-21(10-3-1)29-25-13-7-6-12-23(25)24-18-20(14-15-26(24)29)27-22-11-5-4-8-19(22)16-17-28-27;/h3*1-13,15-18H;/q3*-1;+3. The Kier molecular flexibility index (Phi) is 14.1. The van der Waals surface area contributed by atoms with Gasteiger partial charge in [0, 0.05) is 52.2 Å². The fourth-order valence-electron chi connectivity index (χ4n) is 12.7. The third-order valence-corrected chi connectivity index (χ3v) is 16.6. The van der Waals surface area contributed by atoms with Crippen molar-refractivity contribution in [1.82, 2.24) is 28.7 Å². The van der Waals surface area contributed by atoms with Crippen molar-refractivity contribution in [2.45, 2.75) is 0 Å². The minimum atomic E-state index is 0. The van der Waals surface area contributed by atoms with Gasteiger partial charge < -0.3 is 28.7 Å². The predicted molar refractivity (Wildman–Crippen MR) is 361 cm³/mol. The van der Waals surface area contributed by atoms with E-state index in [0.717, 1.165) is 83.5 Å². The molecule has 0 fully saturated rings. The van der Waals surface area contributed by atoms with Crippen molar-refractivity contribution in [3.05, 3.63) is 328 Å². The fourth-order valence-corrected chi connectivity index (χ4v) is 12.7. The van der Waals surface area contributed by atoms with Crippen molar-refractivity contribution in [2.75, 3.05) is 0 Å². The molecule has 7 heteroatoms. The average Bonchev–Trinajstić information content (AvgIpc) is 3.77. The molecule has 0 aliphatic heterocycles. The molecule has 18 aromatic rings. The third kappa shape index (κ3) is 9.47. The molecule has 414 valence electrons. The molecule has 0 amide bonds. The van der Waals surface area contributed by atoms with Crippen LogP contribution < -0.4 is 0 Å². The Morgan fingerprint density at radius 1 is 0.227 bits per heavy atom. The third-order valence-electron chi connectivity index (χ3n) is 16.6. The summed E-state index contributed by atoms with van der Waals surface area (Å²) in [6.45, 7) is 0. The van der Waals surface area contributed by atoms with Crippen molar-refractivity contribution < 1.29 is 20.1 Å². The number of benzene rings is 12. The van der Waals surface area contributed by atoms with Gasteiger partial charge in [-0.2, -0.15) is 0 Å². The van der Waals surface area contributed by atoms with Crippen LogP contribution in [-0.2, 0) is 20.1 Å². The van der Waals surface area contributed by atoms with Crippen molar-refractivity contribution in [1.29, 1.82) is 0 Å². The maximum Gasteiger partial charge on any atom is 3.00 e. The van der Waals surface area contributed by atoms with Gasteiger partial charge in [0.25, 0.3) is 0 Å². The van der Waals surface area contributed by atoms with E-state index in [2.05, 4.69) is 305 Å². The Balaban J connectivity index is 0.000000110. The molecular formula is C81H51IrN6. The van der Waals surface area contributed by atoms with E-state index in [1.165, 1.54) is 65.0 Å². The van der Waals surface area contributed by atoms with Gasteiger partial charge in [0.05, 0.1) is 0 Å². The molecule has 6 aromatic heterocycles. The summed E-state index contributed by atoms with van der Waals surface area (Å²) in [6, 6.07) is 112. The van der Waals surface area contributed by atoms with Crippen LogP contribution >= 0.6 is 0 Å². The van der Waals surface area contributed by atoms with Crippen LogP contribution in [0.3, 0.4) is 0 Å². The number of aromatic nitrogens is 6. The summed E-state index contributed by atoms with van der Waals surface area (Å²) in [5.41, 5.74) is 16.5. The van der Waals surface area contributed by atoms with E-state index in [1.807, 2.05) is 36.8 Å². The Morgan fingerprint density at radius 2 is 0.477 bits per heavy atom. The Morgan fingerprint density at radius 3 is 0.773 bits per heavy atom. The zero-order chi connectivity index (χ0) is 57.6. The summed E-state index contributed by atoms with van der Waals surface area (Å²) < 4.78 is 6.92. The van der Waals surface area contributed by atoms with Gasteiger partial charge in [-0.25, -0.2) is 0 Å². The van der Waals surface area contributed by atoms with E-state index < -0.39 is 0 Å². The molecule has 88 heavy (non-hydrogen) atoms. The second kappa shape index (κ2) is 23.1. The largest absolute Gasteiger partial charge is 3.00 e. The molecular weight excluding hydrogens is 1250 g/mol. The molecule has 0 aliphatic carbocycles. The van der Waals surface area contributed by atoms with Gasteiger partial charge in [-0.3, -0.25) is 0 Å². The topological polar surface area (TPSA) is 53.5 Å². The second-order valence-corrected chi connectivity index (χ2v) is 21.6. The van der Waals surface area contributed by atoms with Crippen molar-refractivity contribution >= 4 is 97.7 Å². The smallest absolute Gasteiger partial charge is 0.351 e. The summed E-state index contributed by atoms with van der Waals surface area (Å²) in [6.07, 6.45) is 5.63. The summed E-state index contributed by atoms with van der Waals surface area (Å²) in [4.78, 5) is 14.1. The first kappa shape index (κ1) is 53.6. The fraction of sp³-hybridized carbons (Fsp3) is 0. The molecule has 6 nitrogen and oxygen atoms in total. The van der Waals surface area contributed by atoms with Crippen molar-refractivity contribution in [3.63, 3.8) is 0 Å². The molecule has 0 N–H and O–H groups in total. The summed E-state index contributed by atoms with van der Waals surface area (Å²) in [5, 5.41) is 14.4. The molecule has 18 rings (SSSR count). The first-order valence-corrected chi connectivity index (χ1v) is 29.2. The zero-order valence-electron chi connectivity index (χ0n) is 47.5.